The number of aromatic nitrogens is 1. The van der Waals surface area contributed by atoms with E-state index in [0.29, 0.717) is 20.8 Å². The highest BCUT2D eigenvalue weighted by atomic mass is 32.2. The van der Waals surface area contributed by atoms with Crippen molar-refractivity contribution in [1.82, 2.24) is 9.88 Å². The highest BCUT2D eigenvalue weighted by Gasteiger charge is 2.30. The molecule has 0 atom stereocenters. The standard InChI is InChI=1S/C15H12N4O3S2/c1-9-8-23-14(16-9)17-15-18(2)13(20)12(24-15)7-10-4-3-5-11(6-10)19(21)22/h3-8H,1-2H3/b12-7-,17-15+. The maximum atomic E-state index is 12.3. The normalized spacial score (nSPS) is 17.9. The van der Waals surface area contributed by atoms with Crippen molar-refractivity contribution in [2.75, 3.05) is 7.05 Å². The molecule has 1 aliphatic rings. The maximum Gasteiger partial charge on any atom is 0.270 e. The molecule has 0 aliphatic carbocycles. The summed E-state index contributed by atoms with van der Waals surface area (Å²) in [7, 11) is 1.64. The number of hydrogen-bond acceptors (Lipinski definition) is 7. The topological polar surface area (TPSA) is 88.7 Å². The van der Waals surface area contributed by atoms with Gasteiger partial charge in [-0.2, -0.15) is 4.99 Å². The van der Waals surface area contributed by atoms with Crippen LogP contribution < -0.4 is 0 Å². The van der Waals surface area contributed by atoms with E-state index in [-0.39, 0.29) is 11.6 Å². The van der Waals surface area contributed by atoms with E-state index in [1.54, 1.807) is 25.3 Å². The smallest absolute Gasteiger partial charge is 0.270 e. The third kappa shape index (κ3) is 3.36. The summed E-state index contributed by atoms with van der Waals surface area (Å²) in [4.78, 5) is 33.3. The number of nitro benzene ring substituents is 1. The molecule has 0 unspecified atom stereocenters. The van der Waals surface area contributed by atoms with Crippen LogP contribution in [0.15, 0.2) is 39.5 Å². The first-order valence-electron chi connectivity index (χ1n) is 6.87. The second-order valence-electron chi connectivity index (χ2n) is 4.99. The van der Waals surface area contributed by atoms with Gasteiger partial charge in [-0.3, -0.25) is 19.8 Å². The molecule has 0 radical (unpaired) electrons. The van der Waals surface area contributed by atoms with E-state index >= 15 is 0 Å². The van der Waals surface area contributed by atoms with Gasteiger partial charge in [-0.25, -0.2) is 4.98 Å². The number of amides is 1. The van der Waals surface area contributed by atoms with Crippen LogP contribution in [0.2, 0.25) is 0 Å². The molecule has 1 amide bonds. The van der Waals surface area contributed by atoms with Gasteiger partial charge in [-0.05, 0) is 30.3 Å². The van der Waals surface area contributed by atoms with E-state index in [2.05, 4.69) is 9.98 Å². The molecule has 7 nitrogen and oxygen atoms in total. The van der Waals surface area contributed by atoms with E-state index in [0.717, 1.165) is 5.69 Å². The summed E-state index contributed by atoms with van der Waals surface area (Å²) >= 11 is 2.63. The Labute approximate surface area is 145 Å². The second kappa shape index (κ2) is 6.54. The lowest BCUT2D eigenvalue weighted by Crippen LogP contribution is -2.23. The van der Waals surface area contributed by atoms with Gasteiger partial charge in [0, 0.05) is 24.6 Å². The number of aliphatic imine (C=N–C) groups is 1. The van der Waals surface area contributed by atoms with Crippen LogP contribution in [-0.2, 0) is 4.79 Å². The van der Waals surface area contributed by atoms with Crippen LogP contribution in [0.4, 0.5) is 10.8 Å². The number of rotatable bonds is 3. The van der Waals surface area contributed by atoms with Crippen molar-refractivity contribution in [3.63, 3.8) is 0 Å². The van der Waals surface area contributed by atoms with Crippen molar-refractivity contribution in [3.05, 3.63) is 55.9 Å². The number of carbonyl (C=O) groups excluding carboxylic acids is 1. The lowest BCUT2D eigenvalue weighted by Gasteiger charge is -2.05. The van der Waals surface area contributed by atoms with Crippen LogP contribution in [-0.4, -0.2) is 32.9 Å². The Balaban J connectivity index is 1.90. The van der Waals surface area contributed by atoms with Crippen molar-refractivity contribution in [1.29, 1.82) is 0 Å². The van der Waals surface area contributed by atoms with Crippen molar-refractivity contribution in [2.24, 2.45) is 4.99 Å². The summed E-state index contributed by atoms with van der Waals surface area (Å²) in [5.41, 5.74) is 1.46. The molecule has 1 aromatic carbocycles. The highest BCUT2D eigenvalue weighted by Crippen LogP contribution is 2.34. The third-order valence-corrected chi connectivity index (χ3v) is 5.09. The van der Waals surface area contributed by atoms with Crippen LogP contribution in [0.5, 0.6) is 0 Å². The number of thiazole rings is 1. The first-order valence-corrected chi connectivity index (χ1v) is 8.56. The number of amidine groups is 1. The molecular weight excluding hydrogens is 348 g/mol. The Bertz CT molecular complexity index is 888. The Morgan fingerprint density at radius 1 is 1.42 bits per heavy atom. The zero-order chi connectivity index (χ0) is 17.3. The molecule has 0 bridgehead atoms. The van der Waals surface area contributed by atoms with Gasteiger partial charge in [0.2, 0.25) is 5.13 Å². The van der Waals surface area contributed by atoms with Crippen molar-refractivity contribution in [3.8, 4) is 0 Å². The lowest BCUT2D eigenvalue weighted by molar-refractivity contribution is -0.384. The minimum Gasteiger partial charge on any atom is -0.289 e. The van der Waals surface area contributed by atoms with Gasteiger partial charge in [0.15, 0.2) is 5.17 Å². The third-order valence-electron chi connectivity index (χ3n) is 3.18. The zero-order valence-corrected chi connectivity index (χ0v) is 14.4. The molecule has 0 saturated carbocycles. The molecule has 1 aromatic heterocycles. The van der Waals surface area contributed by atoms with E-state index in [4.69, 9.17) is 0 Å². The molecule has 2 heterocycles. The first-order chi connectivity index (χ1) is 11.4. The largest absolute Gasteiger partial charge is 0.289 e. The second-order valence-corrected chi connectivity index (χ2v) is 6.84. The quantitative estimate of drug-likeness (QED) is 0.474. The number of hydrogen-bond donors (Lipinski definition) is 0. The summed E-state index contributed by atoms with van der Waals surface area (Å²) in [6.45, 7) is 1.88. The molecule has 122 valence electrons. The molecule has 24 heavy (non-hydrogen) atoms. The van der Waals surface area contributed by atoms with Gasteiger partial charge in [0.05, 0.1) is 15.5 Å². The number of benzene rings is 1. The van der Waals surface area contributed by atoms with Crippen LogP contribution in [0.25, 0.3) is 6.08 Å². The molecule has 1 aliphatic heterocycles. The molecule has 1 saturated heterocycles. The van der Waals surface area contributed by atoms with Crippen LogP contribution in [0.1, 0.15) is 11.3 Å². The first kappa shape index (κ1) is 16.3. The van der Waals surface area contributed by atoms with E-state index in [1.165, 1.54) is 40.1 Å². The van der Waals surface area contributed by atoms with Gasteiger partial charge >= 0.3 is 0 Å². The minimum absolute atomic E-state index is 0.0136. The highest BCUT2D eigenvalue weighted by molar-refractivity contribution is 8.18. The lowest BCUT2D eigenvalue weighted by atomic mass is 10.2. The van der Waals surface area contributed by atoms with Crippen LogP contribution in [0.3, 0.4) is 0 Å². The monoisotopic (exact) mass is 360 g/mol. The average Bonchev–Trinajstić information content (AvgIpc) is 3.07. The van der Waals surface area contributed by atoms with Gasteiger partial charge in [0.1, 0.15) is 0 Å². The average molecular weight is 360 g/mol. The number of carbonyl (C=O) groups is 1. The fourth-order valence-electron chi connectivity index (χ4n) is 2.01. The number of nitrogens with zero attached hydrogens (tertiary/aromatic N) is 4. The minimum atomic E-state index is -0.463. The van der Waals surface area contributed by atoms with Crippen molar-refractivity contribution in [2.45, 2.75) is 6.92 Å². The maximum absolute atomic E-state index is 12.3. The number of thioether (sulfide) groups is 1. The van der Waals surface area contributed by atoms with Crippen LogP contribution in [0, 0.1) is 17.0 Å². The SMILES string of the molecule is Cc1csc(/N=C2/S/C(=C\c3cccc([N+](=O)[O-])c3)C(=O)N2C)n1. The van der Waals surface area contributed by atoms with Crippen LogP contribution >= 0.6 is 23.1 Å². The Morgan fingerprint density at radius 2 is 2.21 bits per heavy atom. The summed E-state index contributed by atoms with van der Waals surface area (Å²) in [5, 5.41) is 13.9. The van der Waals surface area contributed by atoms with Crippen molar-refractivity contribution < 1.29 is 9.72 Å². The zero-order valence-electron chi connectivity index (χ0n) is 12.8. The Kier molecular flexibility index (Phi) is 4.45. The predicted octanol–water partition coefficient (Wildman–Crippen LogP) is 3.59. The van der Waals surface area contributed by atoms with Crippen molar-refractivity contribution >= 4 is 51.1 Å². The van der Waals surface area contributed by atoms with E-state index in [1.807, 2.05) is 12.3 Å². The predicted molar refractivity (Wildman–Crippen MR) is 95.4 cm³/mol. The summed E-state index contributed by atoms with van der Waals surface area (Å²) in [6.07, 6.45) is 1.63. The fourth-order valence-corrected chi connectivity index (χ4v) is 3.70. The molecule has 1 fully saturated rings. The van der Waals surface area contributed by atoms with Gasteiger partial charge < -0.3 is 0 Å². The molecule has 2 aromatic rings. The van der Waals surface area contributed by atoms with E-state index < -0.39 is 4.92 Å². The number of aryl methyl sites for hydroxylation is 1. The summed E-state index contributed by atoms with van der Waals surface area (Å²) in [5.74, 6) is -0.196. The Morgan fingerprint density at radius 3 is 2.88 bits per heavy atom. The fraction of sp³-hybridized carbons (Fsp3) is 0.133. The summed E-state index contributed by atoms with van der Waals surface area (Å²) in [6, 6.07) is 6.15. The molecule has 0 N–H and O–H groups in total. The number of non-ortho nitro benzene ring substituents is 1. The number of nitro groups is 1. The number of likely N-dealkylation sites (N-methyl/N-ethyl adjacent to an activating group) is 1. The van der Waals surface area contributed by atoms with Gasteiger partial charge in [0.25, 0.3) is 11.6 Å². The molecule has 0 spiro atoms. The molecular formula is C15H12N4O3S2. The van der Waals surface area contributed by atoms with Gasteiger partial charge in [-0.1, -0.05) is 12.1 Å². The molecule has 9 heteroatoms. The van der Waals surface area contributed by atoms with E-state index in [9.17, 15) is 14.9 Å². The summed E-state index contributed by atoms with van der Waals surface area (Å²) < 4.78 is 0. The Hall–Kier alpha value is -2.52. The van der Waals surface area contributed by atoms with Gasteiger partial charge in [-0.15, -0.1) is 11.3 Å². The molecule has 3 rings (SSSR count).